The molecule has 6 nitrogen and oxygen atoms in total. The molecule has 0 bridgehead atoms. The van der Waals surface area contributed by atoms with Gasteiger partial charge in [0.2, 0.25) is 0 Å². The average molecular weight is 961 g/mol. The summed E-state index contributed by atoms with van der Waals surface area (Å²) in [4.78, 5) is 2.58. The highest BCUT2D eigenvalue weighted by Crippen LogP contribution is 2.46. The van der Waals surface area contributed by atoms with Gasteiger partial charge in [0.1, 0.15) is 5.44 Å². The van der Waals surface area contributed by atoms with Gasteiger partial charge >= 0.3 is 0 Å². The van der Waals surface area contributed by atoms with E-state index in [1.807, 2.05) is 24.3 Å². The molecule has 62 heavy (non-hydrogen) atoms. The molecule has 0 aliphatic heterocycles. The van der Waals surface area contributed by atoms with E-state index in [1.54, 1.807) is 23.5 Å². The monoisotopic (exact) mass is 960 g/mol. The first-order valence-corrected chi connectivity index (χ1v) is 32.6. The summed E-state index contributed by atoms with van der Waals surface area (Å²) in [6.45, 7) is 13.9. The van der Waals surface area contributed by atoms with E-state index < -0.39 is 10.6 Å². The number of unbranched alkanes of at least 4 members (excludes halogenated alkanes) is 25. The van der Waals surface area contributed by atoms with Crippen molar-refractivity contribution in [1.29, 1.82) is 0 Å². The van der Waals surface area contributed by atoms with E-state index in [-0.39, 0.29) is 10.9 Å². The SMILES string of the molecule is CCCCCCCCSC(CCCCCCC)OS(C)(C)OCCCCCCN(CCCCO)CCCCCCO.CCCCCCCCSC(O)CCCCCCC.CSC. The van der Waals surface area contributed by atoms with Gasteiger partial charge in [-0.25, -0.2) is 0 Å². The van der Waals surface area contributed by atoms with Crippen molar-refractivity contribution in [2.75, 3.05) is 76.0 Å². The van der Waals surface area contributed by atoms with Gasteiger partial charge in [-0.1, -0.05) is 175 Å². The van der Waals surface area contributed by atoms with E-state index in [0.717, 1.165) is 76.9 Å². The van der Waals surface area contributed by atoms with Gasteiger partial charge in [-0.15, -0.1) is 23.5 Å². The molecule has 0 aliphatic carbocycles. The van der Waals surface area contributed by atoms with Gasteiger partial charge in [-0.2, -0.15) is 22.4 Å². The van der Waals surface area contributed by atoms with Gasteiger partial charge < -0.3 is 20.2 Å². The predicted molar refractivity (Wildman–Crippen MR) is 291 cm³/mol. The number of aliphatic hydroxyl groups is 3. The first-order valence-electron chi connectivity index (χ1n) is 26.5. The average Bonchev–Trinajstić information content (AvgIpc) is 3.25. The van der Waals surface area contributed by atoms with Crippen molar-refractivity contribution in [3.63, 3.8) is 0 Å². The Morgan fingerprint density at radius 2 is 0.806 bits per heavy atom. The van der Waals surface area contributed by atoms with Crippen LogP contribution in [0.3, 0.4) is 0 Å². The summed E-state index contributed by atoms with van der Waals surface area (Å²) in [5.41, 5.74) is 0.167. The predicted octanol–water partition coefficient (Wildman–Crippen LogP) is 16.6. The van der Waals surface area contributed by atoms with E-state index in [0.29, 0.717) is 13.2 Å². The van der Waals surface area contributed by atoms with E-state index in [2.05, 4.69) is 45.1 Å². The minimum absolute atomic E-state index is 0.109. The van der Waals surface area contributed by atoms with E-state index in [1.165, 1.54) is 179 Å². The molecule has 0 aromatic rings. The zero-order valence-corrected chi connectivity index (χ0v) is 46.4. The maximum atomic E-state index is 9.81. The molecule has 0 radical (unpaired) electrons. The normalized spacial score (nSPS) is 12.8. The summed E-state index contributed by atoms with van der Waals surface area (Å²) in [5, 5.41) is 27.9. The van der Waals surface area contributed by atoms with Gasteiger partial charge in [0.05, 0.1) is 12.0 Å². The molecular weight excluding hydrogens is 847 g/mol. The Bertz CT molecular complexity index is 787. The fraction of sp³-hybridized carbons (Fsp3) is 1.00. The molecule has 0 amide bonds. The quantitative estimate of drug-likeness (QED) is 0.0408. The Morgan fingerprint density at radius 1 is 0.452 bits per heavy atom. The van der Waals surface area contributed by atoms with Gasteiger partial charge in [-0.05, 0) is 114 Å². The lowest BCUT2D eigenvalue weighted by molar-refractivity contribution is 0.227. The Kier molecular flexibility index (Phi) is 63.4. The Labute approximate surface area is 405 Å². The molecule has 380 valence electrons. The lowest BCUT2D eigenvalue weighted by Gasteiger charge is -2.38. The van der Waals surface area contributed by atoms with Crippen molar-refractivity contribution in [2.24, 2.45) is 0 Å². The van der Waals surface area contributed by atoms with Crippen LogP contribution in [0.4, 0.5) is 0 Å². The van der Waals surface area contributed by atoms with Crippen molar-refractivity contribution in [3.8, 4) is 0 Å². The van der Waals surface area contributed by atoms with Crippen molar-refractivity contribution in [1.82, 2.24) is 4.90 Å². The molecule has 0 rings (SSSR count). The van der Waals surface area contributed by atoms with Crippen LogP contribution in [0.1, 0.15) is 246 Å². The Hall–Kier alpha value is 1.16. The third kappa shape index (κ3) is 59.2. The number of thioether (sulfide) groups is 3. The number of hydrogen-bond acceptors (Lipinski definition) is 9. The standard InChI is InChI=1S/C34H73NO4S2.C16H34OS.C2H6S/c1-5-7-9-11-17-25-33-40-34(26-18-12-10-8-6-2)39-41(3,4)38-32-24-16-14-20-28-35(29-21-23-31-37)27-19-13-15-22-30-36;1-3-5-7-9-11-13-15-18-16(17)14-12-10-8-6-4-2;1-3-2/h34,36-37H,5-33H2,1-4H3;16-17H,3-15H2,1-2H3;1-2H3. The highest BCUT2D eigenvalue weighted by Gasteiger charge is 2.18. The van der Waals surface area contributed by atoms with Crippen molar-refractivity contribution in [3.05, 3.63) is 0 Å². The van der Waals surface area contributed by atoms with Crippen LogP contribution in [0, 0.1) is 0 Å². The topological polar surface area (TPSA) is 82.4 Å². The molecule has 0 spiro atoms. The van der Waals surface area contributed by atoms with Gasteiger partial charge in [0.25, 0.3) is 0 Å². The molecule has 0 aliphatic rings. The van der Waals surface area contributed by atoms with Crippen molar-refractivity contribution < 1.29 is 23.7 Å². The molecule has 2 atom stereocenters. The lowest BCUT2D eigenvalue weighted by atomic mass is 10.1. The molecule has 0 aromatic heterocycles. The molecule has 0 saturated heterocycles. The second-order valence-electron chi connectivity index (χ2n) is 17.9. The molecule has 0 aromatic carbocycles. The largest absolute Gasteiger partial charge is 0.396 e. The molecule has 10 heteroatoms. The van der Waals surface area contributed by atoms with Gasteiger partial charge in [0, 0.05) is 25.7 Å². The van der Waals surface area contributed by atoms with Crippen LogP contribution in [0.25, 0.3) is 0 Å². The first-order chi connectivity index (χ1) is 30.2. The third-order valence-electron chi connectivity index (χ3n) is 11.0. The van der Waals surface area contributed by atoms with Crippen molar-refractivity contribution in [2.45, 2.75) is 257 Å². The second-order valence-corrected chi connectivity index (χ2v) is 23.9. The summed E-state index contributed by atoms with van der Waals surface area (Å²) in [7, 11) is -1.48. The van der Waals surface area contributed by atoms with Crippen LogP contribution < -0.4 is 0 Å². The van der Waals surface area contributed by atoms with Crippen LogP contribution in [-0.4, -0.2) is 107 Å². The van der Waals surface area contributed by atoms with Gasteiger partial charge in [-0.3, -0.25) is 8.37 Å². The van der Waals surface area contributed by atoms with Crippen LogP contribution in [-0.2, 0) is 8.37 Å². The third-order valence-corrected chi connectivity index (χ3v) is 15.0. The van der Waals surface area contributed by atoms with Crippen LogP contribution in [0.15, 0.2) is 0 Å². The number of nitrogens with zero attached hydrogens (tertiary/aromatic N) is 1. The zero-order chi connectivity index (χ0) is 46.5. The fourth-order valence-electron chi connectivity index (χ4n) is 7.20. The highest BCUT2D eigenvalue weighted by atomic mass is 32.3. The smallest absolute Gasteiger partial charge is 0.127 e. The number of hydrogen-bond donors (Lipinski definition) is 3. The molecule has 0 heterocycles. The lowest BCUT2D eigenvalue weighted by Crippen LogP contribution is -2.27. The first kappa shape index (κ1) is 67.4. The molecule has 0 saturated carbocycles. The van der Waals surface area contributed by atoms with E-state index in [9.17, 15) is 5.11 Å². The number of rotatable bonds is 48. The summed E-state index contributed by atoms with van der Waals surface area (Å²) in [5.74, 6) is 2.35. The Balaban J connectivity index is -0.00000137. The summed E-state index contributed by atoms with van der Waals surface area (Å²) < 4.78 is 13.0. The van der Waals surface area contributed by atoms with Crippen LogP contribution in [0.2, 0.25) is 0 Å². The summed E-state index contributed by atoms with van der Waals surface area (Å²) >= 11 is 5.54. The Morgan fingerprint density at radius 3 is 1.29 bits per heavy atom. The summed E-state index contributed by atoms with van der Waals surface area (Å²) in [6, 6.07) is 0. The second kappa shape index (κ2) is 58.3. The molecule has 3 N–H and O–H groups in total. The molecule has 2 unspecified atom stereocenters. The minimum atomic E-state index is -1.48. The van der Waals surface area contributed by atoms with Crippen LogP contribution in [0.5, 0.6) is 0 Å². The van der Waals surface area contributed by atoms with E-state index in [4.69, 9.17) is 18.6 Å². The minimum Gasteiger partial charge on any atom is -0.396 e. The van der Waals surface area contributed by atoms with Crippen LogP contribution >= 0.6 is 45.9 Å². The van der Waals surface area contributed by atoms with Crippen molar-refractivity contribution >= 4 is 45.9 Å². The van der Waals surface area contributed by atoms with E-state index >= 15 is 0 Å². The molecule has 0 fully saturated rings. The van der Waals surface area contributed by atoms with Gasteiger partial charge in [0.15, 0.2) is 0 Å². The highest BCUT2D eigenvalue weighted by molar-refractivity contribution is 8.25. The maximum absolute atomic E-state index is 9.81. The number of aliphatic hydroxyl groups excluding tert-OH is 3. The maximum Gasteiger partial charge on any atom is 0.127 e. The molecular formula is C52H113NO5S4. The summed E-state index contributed by atoms with van der Waals surface area (Å²) in [6.07, 6.45) is 51.1. The fourth-order valence-corrected chi connectivity index (χ4v) is 11.1. The zero-order valence-electron chi connectivity index (χ0n) is 43.1.